The maximum atomic E-state index is 4.58. The van der Waals surface area contributed by atoms with Gasteiger partial charge in [-0.05, 0) is 37.3 Å². The zero-order valence-corrected chi connectivity index (χ0v) is 10.4. The van der Waals surface area contributed by atoms with Crippen LogP contribution in [0.3, 0.4) is 0 Å². The van der Waals surface area contributed by atoms with Crippen LogP contribution >= 0.6 is 0 Å². The summed E-state index contributed by atoms with van der Waals surface area (Å²) in [6.45, 7) is 2.32. The van der Waals surface area contributed by atoms with Gasteiger partial charge in [0.1, 0.15) is 11.6 Å². The molecule has 88 valence electrons. The van der Waals surface area contributed by atoms with Gasteiger partial charge in [0.15, 0.2) is 0 Å². The van der Waals surface area contributed by atoms with Gasteiger partial charge in [-0.2, -0.15) is 0 Å². The van der Waals surface area contributed by atoms with Gasteiger partial charge < -0.3 is 10.2 Å². The van der Waals surface area contributed by atoms with E-state index in [2.05, 4.69) is 29.4 Å². The molecule has 2 unspecified atom stereocenters. The standard InChI is InChI=1S/C13H21N3/c1-10-7-8-11(9-10)14-12-5-4-6-13(15-12)16(2)3/h4-6,10-11H,7-9H2,1-3H3,(H,14,15). The predicted molar refractivity (Wildman–Crippen MR) is 69.0 cm³/mol. The Morgan fingerprint density at radius 2 is 2.12 bits per heavy atom. The Labute approximate surface area is 97.9 Å². The lowest BCUT2D eigenvalue weighted by atomic mass is 10.1. The van der Waals surface area contributed by atoms with Gasteiger partial charge in [-0.1, -0.05) is 13.0 Å². The van der Waals surface area contributed by atoms with E-state index in [1.54, 1.807) is 0 Å². The van der Waals surface area contributed by atoms with Crippen molar-refractivity contribution in [2.24, 2.45) is 5.92 Å². The Kier molecular flexibility index (Phi) is 3.32. The van der Waals surface area contributed by atoms with Crippen LogP contribution in [0.5, 0.6) is 0 Å². The molecule has 0 amide bonds. The molecule has 2 rings (SSSR count). The van der Waals surface area contributed by atoms with E-state index in [-0.39, 0.29) is 0 Å². The zero-order valence-electron chi connectivity index (χ0n) is 10.4. The highest BCUT2D eigenvalue weighted by Gasteiger charge is 2.21. The van der Waals surface area contributed by atoms with Crippen LogP contribution in [-0.4, -0.2) is 25.1 Å². The first-order valence-electron chi connectivity index (χ1n) is 6.06. The van der Waals surface area contributed by atoms with Gasteiger partial charge in [-0.15, -0.1) is 0 Å². The van der Waals surface area contributed by atoms with Gasteiger partial charge in [0.05, 0.1) is 0 Å². The number of hydrogen-bond donors (Lipinski definition) is 1. The number of nitrogens with zero attached hydrogens (tertiary/aromatic N) is 2. The molecule has 1 aliphatic rings. The molecule has 0 radical (unpaired) electrons. The quantitative estimate of drug-likeness (QED) is 0.847. The molecule has 2 atom stereocenters. The highest BCUT2D eigenvalue weighted by atomic mass is 15.2. The summed E-state index contributed by atoms with van der Waals surface area (Å²) in [5.41, 5.74) is 0. The van der Waals surface area contributed by atoms with Gasteiger partial charge in [-0.25, -0.2) is 4.98 Å². The number of aromatic nitrogens is 1. The molecule has 0 spiro atoms. The average molecular weight is 219 g/mol. The van der Waals surface area contributed by atoms with Crippen LogP contribution in [0.1, 0.15) is 26.2 Å². The van der Waals surface area contributed by atoms with Gasteiger partial charge in [-0.3, -0.25) is 0 Å². The Morgan fingerprint density at radius 1 is 1.31 bits per heavy atom. The first-order chi connectivity index (χ1) is 7.65. The average Bonchev–Trinajstić information content (AvgIpc) is 2.64. The lowest BCUT2D eigenvalue weighted by Crippen LogP contribution is -2.17. The first-order valence-corrected chi connectivity index (χ1v) is 6.06. The van der Waals surface area contributed by atoms with Crippen molar-refractivity contribution in [3.63, 3.8) is 0 Å². The highest BCUT2D eigenvalue weighted by molar-refractivity contribution is 5.46. The van der Waals surface area contributed by atoms with E-state index in [1.165, 1.54) is 19.3 Å². The molecule has 1 aromatic heterocycles. The van der Waals surface area contributed by atoms with Crippen LogP contribution in [0.25, 0.3) is 0 Å². The van der Waals surface area contributed by atoms with Crippen molar-refractivity contribution < 1.29 is 0 Å². The molecule has 1 N–H and O–H groups in total. The van der Waals surface area contributed by atoms with Crippen molar-refractivity contribution in [3.8, 4) is 0 Å². The summed E-state index contributed by atoms with van der Waals surface area (Å²) < 4.78 is 0. The summed E-state index contributed by atoms with van der Waals surface area (Å²) in [5, 5.41) is 3.53. The smallest absolute Gasteiger partial charge is 0.130 e. The largest absolute Gasteiger partial charge is 0.367 e. The molecule has 1 aromatic rings. The van der Waals surface area contributed by atoms with Crippen LogP contribution in [0.4, 0.5) is 11.6 Å². The minimum Gasteiger partial charge on any atom is -0.367 e. The number of anilines is 2. The molecular formula is C13H21N3. The molecule has 1 aliphatic carbocycles. The van der Waals surface area contributed by atoms with E-state index >= 15 is 0 Å². The van der Waals surface area contributed by atoms with E-state index in [9.17, 15) is 0 Å². The minimum atomic E-state index is 0.611. The molecule has 16 heavy (non-hydrogen) atoms. The van der Waals surface area contributed by atoms with Crippen molar-refractivity contribution >= 4 is 11.6 Å². The Morgan fingerprint density at radius 3 is 2.75 bits per heavy atom. The van der Waals surface area contributed by atoms with Crippen LogP contribution < -0.4 is 10.2 Å². The number of nitrogens with one attached hydrogen (secondary N) is 1. The maximum Gasteiger partial charge on any atom is 0.130 e. The summed E-state index contributed by atoms with van der Waals surface area (Å²) in [4.78, 5) is 6.61. The highest BCUT2D eigenvalue weighted by Crippen LogP contribution is 2.27. The van der Waals surface area contributed by atoms with E-state index in [0.29, 0.717) is 6.04 Å². The molecule has 0 saturated heterocycles. The molecular weight excluding hydrogens is 198 g/mol. The predicted octanol–water partition coefficient (Wildman–Crippen LogP) is 2.75. The number of hydrogen-bond acceptors (Lipinski definition) is 3. The molecule has 1 heterocycles. The topological polar surface area (TPSA) is 28.2 Å². The van der Waals surface area contributed by atoms with Gasteiger partial charge >= 0.3 is 0 Å². The molecule has 1 fully saturated rings. The Bertz CT molecular complexity index is 349. The second-order valence-electron chi connectivity index (χ2n) is 5.03. The molecule has 3 nitrogen and oxygen atoms in total. The third-order valence-electron chi connectivity index (χ3n) is 3.24. The first kappa shape index (κ1) is 11.2. The van der Waals surface area contributed by atoms with E-state index in [1.807, 2.05) is 25.1 Å². The third-order valence-corrected chi connectivity index (χ3v) is 3.24. The fourth-order valence-corrected chi connectivity index (χ4v) is 2.30. The molecule has 3 heteroatoms. The van der Waals surface area contributed by atoms with Gasteiger partial charge in [0, 0.05) is 20.1 Å². The van der Waals surface area contributed by atoms with E-state index in [4.69, 9.17) is 0 Å². The number of pyridine rings is 1. The second-order valence-corrected chi connectivity index (χ2v) is 5.03. The summed E-state index contributed by atoms with van der Waals surface area (Å²) in [6.07, 6.45) is 3.88. The molecule has 1 saturated carbocycles. The van der Waals surface area contributed by atoms with Crippen LogP contribution in [0.2, 0.25) is 0 Å². The van der Waals surface area contributed by atoms with Crippen molar-refractivity contribution in [3.05, 3.63) is 18.2 Å². The summed E-state index contributed by atoms with van der Waals surface area (Å²) in [7, 11) is 4.04. The van der Waals surface area contributed by atoms with Crippen LogP contribution in [-0.2, 0) is 0 Å². The monoisotopic (exact) mass is 219 g/mol. The Balaban J connectivity index is 2.01. The van der Waals surface area contributed by atoms with E-state index in [0.717, 1.165) is 17.6 Å². The summed E-state index contributed by atoms with van der Waals surface area (Å²) >= 11 is 0. The minimum absolute atomic E-state index is 0.611. The summed E-state index contributed by atoms with van der Waals surface area (Å²) in [6, 6.07) is 6.75. The Hall–Kier alpha value is -1.25. The lowest BCUT2D eigenvalue weighted by molar-refractivity contribution is 0.602. The normalized spacial score (nSPS) is 24.4. The van der Waals surface area contributed by atoms with E-state index < -0.39 is 0 Å². The fourth-order valence-electron chi connectivity index (χ4n) is 2.30. The third kappa shape index (κ3) is 2.65. The van der Waals surface area contributed by atoms with Crippen molar-refractivity contribution in [1.29, 1.82) is 0 Å². The fraction of sp³-hybridized carbons (Fsp3) is 0.615. The lowest BCUT2D eigenvalue weighted by Gasteiger charge is -2.16. The van der Waals surface area contributed by atoms with Crippen LogP contribution in [0, 0.1) is 5.92 Å². The SMILES string of the molecule is CC1CCC(Nc2cccc(N(C)C)n2)C1. The van der Waals surface area contributed by atoms with Gasteiger partial charge in [0.25, 0.3) is 0 Å². The molecule has 0 aromatic carbocycles. The molecule has 0 aliphatic heterocycles. The second kappa shape index (κ2) is 4.73. The van der Waals surface area contributed by atoms with Crippen LogP contribution in [0.15, 0.2) is 18.2 Å². The maximum absolute atomic E-state index is 4.58. The van der Waals surface area contributed by atoms with Crippen molar-refractivity contribution in [2.45, 2.75) is 32.2 Å². The number of rotatable bonds is 3. The van der Waals surface area contributed by atoms with Crippen molar-refractivity contribution in [2.75, 3.05) is 24.3 Å². The molecule has 0 bridgehead atoms. The zero-order chi connectivity index (χ0) is 11.5. The van der Waals surface area contributed by atoms with Gasteiger partial charge in [0.2, 0.25) is 0 Å². The van der Waals surface area contributed by atoms with Crippen molar-refractivity contribution in [1.82, 2.24) is 4.98 Å². The summed E-state index contributed by atoms with van der Waals surface area (Å²) in [5.74, 6) is 2.87.